The van der Waals surface area contributed by atoms with Crippen LogP contribution >= 0.6 is 12.4 Å². The zero-order valence-electron chi connectivity index (χ0n) is 13.4. The van der Waals surface area contributed by atoms with E-state index in [2.05, 4.69) is 0 Å². The van der Waals surface area contributed by atoms with Crippen molar-refractivity contribution >= 4 is 28.4 Å². The molecule has 136 valence electrons. The van der Waals surface area contributed by atoms with E-state index in [1.54, 1.807) is 37.3 Å². The van der Waals surface area contributed by atoms with Gasteiger partial charge >= 0.3 is 5.97 Å². The summed E-state index contributed by atoms with van der Waals surface area (Å²) in [4.78, 5) is 10.9. The van der Waals surface area contributed by atoms with Crippen LogP contribution in [0.4, 0.5) is 0 Å². The van der Waals surface area contributed by atoms with Gasteiger partial charge in [-0.15, -0.1) is 12.4 Å². The van der Waals surface area contributed by atoms with Crippen molar-refractivity contribution in [2.24, 2.45) is 10.9 Å². The summed E-state index contributed by atoms with van der Waals surface area (Å²) >= 11 is 0. The summed E-state index contributed by atoms with van der Waals surface area (Å²) in [6, 6.07) is 10.9. The van der Waals surface area contributed by atoms with Gasteiger partial charge in [-0.05, 0) is 36.7 Å². The van der Waals surface area contributed by atoms with Gasteiger partial charge < -0.3 is 15.6 Å². The first-order chi connectivity index (χ1) is 11.2. The molecule has 25 heavy (non-hydrogen) atoms. The molecule has 9 heteroatoms. The van der Waals surface area contributed by atoms with E-state index in [1.165, 1.54) is 6.07 Å². The highest BCUT2D eigenvalue weighted by Gasteiger charge is 2.25. The largest absolute Gasteiger partial charge is 0.478 e. The number of rotatable bonds is 6. The summed E-state index contributed by atoms with van der Waals surface area (Å²) < 4.78 is 29.6. The minimum atomic E-state index is -4.20. The SMILES string of the molecule is CC(CN)c1cc(C(=O)O)cc(S(N)(=O)=O)c1Oc1ccccc1.Cl. The van der Waals surface area contributed by atoms with Gasteiger partial charge in [-0.25, -0.2) is 18.4 Å². The highest BCUT2D eigenvalue weighted by Crippen LogP contribution is 2.37. The van der Waals surface area contributed by atoms with Crippen LogP contribution in [0.3, 0.4) is 0 Å². The number of ether oxygens (including phenoxy) is 1. The number of nitrogens with two attached hydrogens (primary N) is 2. The molecule has 5 N–H and O–H groups in total. The number of hydrogen-bond acceptors (Lipinski definition) is 5. The lowest BCUT2D eigenvalue weighted by atomic mass is 9.97. The Kier molecular flexibility index (Phi) is 6.95. The van der Waals surface area contributed by atoms with Gasteiger partial charge in [0, 0.05) is 5.56 Å². The fourth-order valence-electron chi connectivity index (χ4n) is 2.17. The summed E-state index contributed by atoms with van der Waals surface area (Å²) in [6.45, 7) is 1.92. The van der Waals surface area contributed by atoms with E-state index < -0.39 is 16.0 Å². The highest BCUT2D eigenvalue weighted by atomic mass is 35.5. The Morgan fingerprint density at radius 2 is 1.84 bits per heavy atom. The van der Waals surface area contributed by atoms with E-state index in [-0.39, 0.29) is 41.1 Å². The summed E-state index contributed by atoms with van der Waals surface area (Å²) in [5, 5.41) is 14.5. The van der Waals surface area contributed by atoms with Gasteiger partial charge in [0.05, 0.1) is 5.56 Å². The lowest BCUT2D eigenvalue weighted by Crippen LogP contribution is -2.18. The highest BCUT2D eigenvalue weighted by molar-refractivity contribution is 7.89. The fourth-order valence-corrected chi connectivity index (χ4v) is 2.88. The number of primary sulfonamides is 1. The number of carboxylic acids is 1. The van der Waals surface area contributed by atoms with E-state index in [4.69, 9.17) is 15.6 Å². The zero-order chi connectivity index (χ0) is 17.9. The molecule has 0 aromatic heterocycles. The van der Waals surface area contributed by atoms with E-state index in [0.29, 0.717) is 11.3 Å². The Morgan fingerprint density at radius 1 is 1.24 bits per heavy atom. The molecule has 0 aliphatic heterocycles. The van der Waals surface area contributed by atoms with E-state index in [9.17, 15) is 18.3 Å². The predicted molar refractivity (Wildman–Crippen MR) is 96.0 cm³/mol. The summed E-state index contributed by atoms with van der Waals surface area (Å²) in [5.41, 5.74) is 5.83. The number of para-hydroxylation sites is 1. The van der Waals surface area contributed by atoms with Crippen molar-refractivity contribution < 1.29 is 23.1 Å². The molecule has 0 radical (unpaired) electrons. The third-order valence-electron chi connectivity index (χ3n) is 3.48. The average Bonchev–Trinajstić information content (AvgIpc) is 2.53. The maximum atomic E-state index is 12.0. The second kappa shape index (κ2) is 8.30. The van der Waals surface area contributed by atoms with Gasteiger partial charge in [-0.1, -0.05) is 25.1 Å². The monoisotopic (exact) mass is 386 g/mol. The van der Waals surface area contributed by atoms with Crippen LogP contribution in [0, 0.1) is 0 Å². The minimum Gasteiger partial charge on any atom is -0.478 e. The van der Waals surface area contributed by atoms with Crippen molar-refractivity contribution in [3.05, 3.63) is 53.6 Å². The van der Waals surface area contributed by atoms with E-state index in [0.717, 1.165) is 6.07 Å². The first kappa shape index (κ1) is 20.9. The Balaban J connectivity index is 0.00000312. The van der Waals surface area contributed by atoms with E-state index >= 15 is 0 Å². The summed E-state index contributed by atoms with van der Waals surface area (Å²) in [7, 11) is -4.20. The van der Waals surface area contributed by atoms with Gasteiger partial charge in [-0.2, -0.15) is 0 Å². The molecule has 0 heterocycles. The number of carbonyl (C=O) groups is 1. The summed E-state index contributed by atoms with van der Waals surface area (Å²) in [6.07, 6.45) is 0. The van der Waals surface area contributed by atoms with Gasteiger partial charge in [-0.3, -0.25) is 0 Å². The topological polar surface area (TPSA) is 133 Å². The molecule has 2 aromatic carbocycles. The lowest BCUT2D eigenvalue weighted by molar-refractivity contribution is 0.0696. The second-order valence-corrected chi connectivity index (χ2v) is 6.82. The number of sulfonamides is 1. The molecule has 0 aliphatic carbocycles. The smallest absolute Gasteiger partial charge is 0.335 e. The van der Waals surface area contributed by atoms with Crippen LogP contribution in [0.1, 0.15) is 28.8 Å². The van der Waals surface area contributed by atoms with Gasteiger partial charge in [0.25, 0.3) is 0 Å². The Hall–Kier alpha value is -2.13. The Morgan fingerprint density at radius 3 is 2.32 bits per heavy atom. The molecule has 0 amide bonds. The van der Waals surface area contributed by atoms with Crippen LogP contribution in [-0.2, 0) is 10.0 Å². The maximum absolute atomic E-state index is 12.0. The van der Waals surface area contributed by atoms with Gasteiger partial charge in [0.1, 0.15) is 10.6 Å². The van der Waals surface area contributed by atoms with Crippen molar-refractivity contribution in [2.45, 2.75) is 17.7 Å². The van der Waals surface area contributed by atoms with Crippen LogP contribution < -0.4 is 15.6 Å². The molecular formula is C16H19ClN2O5S. The molecule has 0 fully saturated rings. The molecule has 1 unspecified atom stereocenters. The van der Waals surface area contributed by atoms with Crippen LogP contribution in [0.2, 0.25) is 0 Å². The third kappa shape index (κ3) is 4.93. The van der Waals surface area contributed by atoms with Crippen molar-refractivity contribution in [1.82, 2.24) is 0 Å². The van der Waals surface area contributed by atoms with Gasteiger partial charge in [0.2, 0.25) is 10.0 Å². The molecule has 2 aromatic rings. The molecular weight excluding hydrogens is 368 g/mol. The Bertz CT molecular complexity index is 856. The third-order valence-corrected chi connectivity index (χ3v) is 4.40. The molecule has 0 bridgehead atoms. The van der Waals surface area contributed by atoms with Crippen LogP contribution in [0.25, 0.3) is 0 Å². The number of aromatic carboxylic acids is 1. The van der Waals surface area contributed by atoms with Crippen molar-refractivity contribution in [2.75, 3.05) is 6.54 Å². The normalized spacial score (nSPS) is 12.1. The average molecular weight is 387 g/mol. The van der Waals surface area contributed by atoms with Gasteiger partial charge in [0.15, 0.2) is 5.75 Å². The predicted octanol–water partition coefficient (Wildman–Crippen LogP) is 2.31. The first-order valence-electron chi connectivity index (χ1n) is 7.11. The first-order valence-corrected chi connectivity index (χ1v) is 8.65. The van der Waals surface area contributed by atoms with Crippen LogP contribution in [-0.4, -0.2) is 26.0 Å². The number of carboxylic acid groups (broad SMARTS) is 1. The number of hydrogen-bond donors (Lipinski definition) is 3. The maximum Gasteiger partial charge on any atom is 0.335 e. The molecule has 0 spiro atoms. The second-order valence-electron chi connectivity index (χ2n) is 5.29. The number of benzene rings is 2. The summed E-state index contributed by atoms with van der Waals surface area (Å²) in [5.74, 6) is -1.21. The molecule has 1 atom stereocenters. The van der Waals surface area contributed by atoms with Crippen LogP contribution in [0.5, 0.6) is 11.5 Å². The quantitative estimate of drug-likeness (QED) is 0.697. The van der Waals surface area contributed by atoms with Crippen molar-refractivity contribution in [1.29, 1.82) is 0 Å². The van der Waals surface area contributed by atoms with Crippen molar-refractivity contribution in [3.8, 4) is 11.5 Å². The molecule has 2 rings (SSSR count). The molecule has 0 saturated heterocycles. The van der Waals surface area contributed by atoms with Crippen molar-refractivity contribution in [3.63, 3.8) is 0 Å². The molecule has 0 saturated carbocycles. The number of halogens is 1. The minimum absolute atomic E-state index is 0. The van der Waals surface area contributed by atoms with E-state index in [1.807, 2.05) is 0 Å². The standard InChI is InChI=1S/C16H18N2O5S.ClH/c1-10(9-17)13-7-11(16(19)20)8-14(24(18,21)22)15(13)23-12-5-3-2-4-6-12;/h2-8,10H,9,17H2,1H3,(H,19,20)(H2,18,21,22);1H. The Labute approximate surface area is 152 Å². The fraction of sp³-hybridized carbons (Fsp3) is 0.188. The van der Waals surface area contributed by atoms with Crippen LogP contribution in [0.15, 0.2) is 47.4 Å². The lowest BCUT2D eigenvalue weighted by Gasteiger charge is -2.19. The molecule has 7 nitrogen and oxygen atoms in total. The molecule has 0 aliphatic rings. The zero-order valence-corrected chi connectivity index (χ0v) is 15.0.